The zero-order chi connectivity index (χ0) is 19.5. The smallest absolute Gasteiger partial charge is 0.330 e. The first-order valence-electron chi connectivity index (χ1n) is 8.73. The Balaban J connectivity index is 1.69. The third-order valence-electron chi connectivity index (χ3n) is 4.64. The summed E-state index contributed by atoms with van der Waals surface area (Å²) in [6, 6.07) is 17.2. The van der Waals surface area contributed by atoms with Gasteiger partial charge in [-0.15, -0.1) is 20.4 Å². The van der Waals surface area contributed by atoms with E-state index < -0.39 is 11.2 Å². The van der Waals surface area contributed by atoms with Crippen molar-refractivity contribution >= 4 is 12.9 Å². The standard InChI is InChI=1S/C20H22BN4O2/c1-19(2,26)20(3,4)27-21-16-12-10-15(11-13-16)18-24-22-17(23-25-18)14-8-6-5-7-9-14/h5-13,26H,1-4H3. The van der Waals surface area contributed by atoms with Gasteiger partial charge < -0.3 is 9.76 Å². The number of rotatable bonds is 6. The molecule has 0 atom stereocenters. The van der Waals surface area contributed by atoms with E-state index in [4.69, 9.17) is 4.65 Å². The molecule has 0 aliphatic carbocycles. The maximum atomic E-state index is 10.1. The Bertz CT molecular complexity index is 877. The normalized spacial score (nSPS) is 12.0. The van der Waals surface area contributed by atoms with E-state index in [0.29, 0.717) is 11.6 Å². The molecule has 0 aliphatic rings. The van der Waals surface area contributed by atoms with Crippen LogP contribution in [0, 0.1) is 0 Å². The van der Waals surface area contributed by atoms with Gasteiger partial charge >= 0.3 is 7.48 Å². The van der Waals surface area contributed by atoms with Gasteiger partial charge in [-0.05, 0) is 27.7 Å². The fourth-order valence-electron chi connectivity index (χ4n) is 2.12. The van der Waals surface area contributed by atoms with Gasteiger partial charge in [0.15, 0.2) is 0 Å². The van der Waals surface area contributed by atoms with E-state index in [2.05, 4.69) is 20.4 Å². The lowest BCUT2D eigenvalue weighted by atomic mass is 9.82. The molecule has 3 aromatic rings. The molecule has 27 heavy (non-hydrogen) atoms. The molecule has 1 heterocycles. The average molecular weight is 361 g/mol. The van der Waals surface area contributed by atoms with E-state index in [-0.39, 0.29) is 0 Å². The van der Waals surface area contributed by atoms with Gasteiger partial charge in [0.1, 0.15) is 0 Å². The van der Waals surface area contributed by atoms with E-state index >= 15 is 0 Å². The number of benzene rings is 2. The topological polar surface area (TPSA) is 81.0 Å². The largest absolute Gasteiger partial charge is 0.427 e. The summed E-state index contributed by atoms with van der Waals surface area (Å²) in [5.74, 6) is 0.950. The zero-order valence-corrected chi connectivity index (χ0v) is 15.9. The highest BCUT2D eigenvalue weighted by Crippen LogP contribution is 2.24. The van der Waals surface area contributed by atoms with Crippen molar-refractivity contribution in [2.75, 3.05) is 0 Å². The van der Waals surface area contributed by atoms with E-state index in [1.165, 1.54) is 0 Å². The lowest BCUT2D eigenvalue weighted by Gasteiger charge is -2.37. The van der Waals surface area contributed by atoms with Crippen molar-refractivity contribution in [3.63, 3.8) is 0 Å². The van der Waals surface area contributed by atoms with Crippen LogP contribution in [-0.2, 0) is 4.65 Å². The van der Waals surface area contributed by atoms with Crippen LogP contribution in [-0.4, -0.2) is 44.2 Å². The monoisotopic (exact) mass is 361 g/mol. The molecular formula is C20H22BN4O2. The van der Waals surface area contributed by atoms with Crippen LogP contribution in [0.2, 0.25) is 0 Å². The molecule has 1 N–H and O–H groups in total. The highest BCUT2D eigenvalue weighted by molar-refractivity contribution is 6.47. The van der Waals surface area contributed by atoms with Crippen molar-refractivity contribution in [3.05, 3.63) is 54.6 Å². The molecule has 0 spiro atoms. The number of aromatic nitrogens is 4. The first-order chi connectivity index (χ1) is 12.8. The summed E-state index contributed by atoms with van der Waals surface area (Å²) in [6.45, 7) is 7.13. The van der Waals surface area contributed by atoms with E-state index in [0.717, 1.165) is 16.6 Å². The van der Waals surface area contributed by atoms with Gasteiger partial charge in [-0.2, -0.15) is 0 Å². The predicted molar refractivity (Wildman–Crippen MR) is 105 cm³/mol. The highest BCUT2D eigenvalue weighted by atomic mass is 16.5. The fraction of sp³-hybridized carbons (Fsp3) is 0.300. The minimum Gasteiger partial charge on any atom is -0.427 e. The molecule has 0 amide bonds. The lowest BCUT2D eigenvalue weighted by molar-refractivity contribution is -0.0893. The summed E-state index contributed by atoms with van der Waals surface area (Å²) in [6.07, 6.45) is 0. The Labute approximate surface area is 159 Å². The molecule has 0 bridgehead atoms. The number of hydrogen-bond acceptors (Lipinski definition) is 6. The van der Waals surface area contributed by atoms with Crippen molar-refractivity contribution in [3.8, 4) is 22.8 Å². The molecule has 3 rings (SSSR count). The molecular weight excluding hydrogens is 339 g/mol. The Hall–Kier alpha value is -2.64. The molecule has 2 aromatic carbocycles. The minimum atomic E-state index is -0.963. The summed E-state index contributed by atoms with van der Waals surface area (Å²) in [7, 11) is 1.64. The van der Waals surface area contributed by atoms with Crippen LogP contribution >= 0.6 is 0 Å². The van der Waals surface area contributed by atoms with Crippen molar-refractivity contribution in [2.45, 2.75) is 38.9 Å². The summed E-state index contributed by atoms with van der Waals surface area (Å²) in [5, 5.41) is 26.8. The molecule has 1 aromatic heterocycles. The molecule has 0 aliphatic heterocycles. The van der Waals surface area contributed by atoms with Gasteiger partial charge in [0.05, 0.1) is 11.2 Å². The Morgan fingerprint density at radius 1 is 0.741 bits per heavy atom. The number of aliphatic hydroxyl groups is 1. The van der Waals surface area contributed by atoms with Crippen molar-refractivity contribution in [2.24, 2.45) is 0 Å². The summed E-state index contributed by atoms with van der Waals surface area (Å²) >= 11 is 0. The van der Waals surface area contributed by atoms with Crippen molar-refractivity contribution in [1.29, 1.82) is 0 Å². The van der Waals surface area contributed by atoms with Crippen LogP contribution < -0.4 is 5.46 Å². The second-order valence-electron chi connectivity index (χ2n) is 7.34. The van der Waals surface area contributed by atoms with Crippen LogP contribution in [0.1, 0.15) is 27.7 Å². The predicted octanol–water partition coefficient (Wildman–Crippen LogP) is 2.41. The first kappa shape index (κ1) is 19.1. The van der Waals surface area contributed by atoms with Crippen LogP contribution in [0.25, 0.3) is 22.8 Å². The maximum absolute atomic E-state index is 10.1. The third-order valence-corrected chi connectivity index (χ3v) is 4.64. The van der Waals surface area contributed by atoms with E-state index in [1.807, 2.05) is 68.4 Å². The van der Waals surface area contributed by atoms with Crippen molar-refractivity contribution < 1.29 is 9.76 Å². The molecule has 1 radical (unpaired) electrons. The average Bonchev–Trinajstić information content (AvgIpc) is 2.67. The zero-order valence-electron chi connectivity index (χ0n) is 15.9. The van der Waals surface area contributed by atoms with Gasteiger partial charge in [0.25, 0.3) is 0 Å². The van der Waals surface area contributed by atoms with Crippen molar-refractivity contribution in [1.82, 2.24) is 20.4 Å². The summed E-state index contributed by atoms with van der Waals surface area (Å²) < 4.78 is 5.76. The lowest BCUT2D eigenvalue weighted by Crippen LogP contribution is -2.49. The minimum absolute atomic E-state index is 0.457. The molecule has 0 fully saturated rings. The van der Waals surface area contributed by atoms with E-state index in [9.17, 15) is 5.11 Å². The second-order valence-corrected chi connectivity index (χ2v) is 7.34. The Morgan fingerprint density at radius 3 is 1.70 bits per heavy atom. The fourth-order valence-corrected chi connectivity index (χ4v) is 2.12. The number of nitrogens with zero attached hydrogens (tertiary/aromatic N) is 4. The molecule has 137 valence electrons. The SMILES string of the molecule is CC(C)(O)C(C)(C)O[B]c1ccc(-c2nnc(-c3ccccc3)nn2)cc1. The van der Waals surface area contributed by atoms with Gasteiger partial charge in [0.2, 0.25) is 11.6 Å². The van der Waals surface area contributed by atoms with Gasteiger partial charge in [-0.3, -0.25) is 0 Å². The van der Waals surface area contributed by atoms with Crippen LogP contribution in [0.15, 0.2) is 54.6 Å². The number of hydrogen-bond donors (Lipinski definition) is 1. The van der Waals surface area contributed by atoms with Crippen LogP contribution in [0.3, 0.4) is 0 Å². The van der Waals surface area contributed by atoms with Crippen LogP contribution in [0.4, 0.5) is 0 Å². The third kappa shape index (κ3) is 4.56. The second kappa shape index (κ2) is 7.54. The molecule has 6 nitrogen and oxygen atoms in total. The Kier molecular flexibility index (Phi) is 5.35. The summed E-state index contributed by atoms with van der Waals surface area (Å²) in [4.78, 5) is 0. The first-order valence-corrected chi connectivity index (χ1v) is 8.73. The van der Waals surface area contributed by atoms with Gasteiger partial charge in [-0.25, -0.2) is 0 Å². The van der Waals surface area contributed by atoms with Gasteiger partial charge in [-0.1, -0.05) is 60.1 Å². The van der Waals surface area contributed by atoms with Crippen LogP contribution in [0.5, 0.6) is 0 Å². The van der Waals surface area contributed by atoms with E-state index in [1.54, 1.807) is 21.3 Å². The van der Waals surface area contributed by atoms with Gasteiger partial charge in [0, 0.05) is 11.1 Å². The Morgan fingerprint density at radius 2 is 1.22 bits per heavy atom. The molecule has 7 heteroatoms. The highest BCUT2D eigenvalue weighted by Gasteiger charge is 2.35. The molecule has 0 saturated carbocycles. The molecule has 0 saturated heterocycles. The quantitative estimate of drug-likeness (QED) is 0.679. The maximum Gasteiger partial charge on any atom is 0.330 e. The summed E-state index contributed by atoms with van der Waals surface area (Å²) in [5.41, 5.74) is 0.886. The molecule has 0 unspecified atom stereocenters.